The van der Waals surface area contributed by atoms with Crippen LogP contribution in [0.1, 0.15) is 29.4 Å². The van der Waals surface area contributed by atoms with Crippen molar-refractivity contribution >= 4 is 17.0 Å². The summed E-state index contributed by atoms with van der Waals surface area (Å²) < 4.78 is 7.33. The fourth-order valence-corrected chi connectivity index (χ4v) is 4.29. The molecule has 0 amide bonds. The number of nitrogens with zero attached hydrogens (tertiary/aromatic N) is 6. The fourth-order valence-electron chi connectivity index (χ4n) is 4.29. The number of hydrogen-bond donors (Lipinski definition) is 2. The van der Waals surface area contributed by atoms with Crippen molar-refractivity contribution in [2.45, 2.75) is 25.8 Å². The number of aromatic nitrogens is 6. The first-order valence-electron chi connectivity index (χ1n) is 10.4. The quantitative estimate of drug-likeness (QED) is 0.450. The van der Waals surface area contributed by atoms with E-state index in [1.54, 1.807) is 13.1 Å². The van der Waals surface area contributed by atoms with E-state index < -0.39 is 0 Å². The maximum Gasteiger partial charge on any atom is 0.276 e. The van der Waals surface area contributed by atoms with Crippen LogP contribution >= 0.6 is 0 Å². The lowest BCUT2D eigenvalue weighted by Crippen LogP contribution is -2.06. The average Bonchev–Trinajstić information content (AvgIpc) is 3.50. The maximum absolute atomic E-state index is 6.25. The third kappa shape index (κ3) is 2.86. The first-order valence-corrected chi connectivity index (χ1v) is 10.4. The topological polar surface area (TPSA) is 135 Å². The molecule has 0 bridgehead atoms. The molecule has 0 saturated carbocycles. The zero-order chi connectivity index (χ0) is 21.8. The van der Waals surface area contributed by atoms with Gasteiger partial charge in [-0.3, -0.25) is 4.57 Å². The summed E-state index contributed by atoms with van der Waals surface area (Å²) in [6, 6.07) is 13.9. The van der Waals surface area contributed by atoms with Crippen LogP contribution in [0.5, 0.6) is 0 Å². The van der Waals surface area contributed by atoms with Crippen LogP contribution in [0.15, 0.2) is 53.2 Å². The van der Waals surface area contributed by atoms with E-state index in [1.165, 1.54) is 11.1 Å². The van der Waals surface area contributed by atoms with Gasteiger partial charge in [-0.1, -0.05) is 11.2 Å². The summed E-state index contributed by atoms with van der Waals surface area (Å²) in [6.45, 7) is 1.77. The van der Waals surface area contributed by atoms with Gasteiger partial charge in [-0.15, -0.1) is 0 Å². The Kier molecular flexibility index (Phi) is 4.05. The first kappa shape index (κ1) is 18.6. The Hall–Kier alpha value is -4.11. The molecule has 6 rings (SSSR count). The van der Waals surface area contributed by atoms with Gasteiger partial charge in [0.15, 0.2) is 17.3 Å². The molecule has 4 aromatic heterocycles. The summed E-state index contributed by atoms with van der Waals surface area (Å²) in [5.74, 6) is 1.98. The molecule has 0 fully saturated rings. The Morgan fingerprint density at radius 1 is 1.09 bits per heavy atom. The number of fused-ring (bicyclic) bond motifs is 2. The number of hydrogen-bond acceptors (Lipinski definition) is 8. The molecule has 4 heterocycles. The molecule has 5 aromatic rings. The van der Waals surface area contributed by atoms with Crippen molar-refractivity contribution in [3.63, 3.8) is 0 Å². The number of anilines is 1. The Balaban J connectivity index is 1.63. The van der Waals surface area contributed by atoms with Crippen LogP contribution in [0, 0.1) is 6.92 Å². The standard InChI is InChI=1S/C23H20N8O/c1-12-27-23(32-30-12)19-9-8-18-22(29-19)31(21(28-18)16-3-2-10-26-20(16)25)14-5-6-15-13(11-14)4-7-17(15)24/h2-3,5-6,8-11,17H,4,7,24H2,1H3,(H2,25,26)/t17-/m0/s1. The summed E-state index contributed by atoms with van der Waals surface area (Å²) in [6.07, 6.45) is 3.56. The normalized spacial score (nSPS) is 15.4. The van der Waals surface area contributed by atoms with Crippen molar-refractivity contribution in [2.24, 2.45) is 5.73 Å². The fraction of sp³-hybridized carbons (Fsp3) is 0.174. The molecule has 32 heavy (non-hydrogen) atoms. The molecule has 1 aliphatic carbocycles. The van der Waals surface area contributed by atoms with Gasteiger partial charge in [-0.05, 0) is 67.3 Å². The molecular formula is C23H20N8O. The number of pyridine rings is 2. The van der Waals surface area contributed by atoms with E-state index in [2.05, 4.69) is 27.3 Å². The lowest BCUT2D eigenvalue weighted by molar-refractivity contribution is 0.424. The Bertz CT molecular complexity index is 1480. The third-order valence-electron chi connectivity index (χ3n) is 5.84. The Morgan fingerprint density at radius 3 is 2.81 bits per heavy atom. The first-order chi connectivity index (χ1) is 15.6. The van der Waals surface area contributed by atoms with Crippen LogP contribution in [0.4, 0.5) is 5.82 Å². The molecule has 0 saturated heterocycles. The number of nitrogens with two attached hydrogens (primary N) is 2. The van der Waals surface area contributed by atoms with Gasteiger partial charge in [-0.2, -0.15) is 4.98 Å². The molecule has 1 aromatic carbocycles. The van der Waals surface area contributed by atoms with Gasteiger partial charge in [0.05, 0.1) is 5.56 Å². The minimum absolute atomic E-state index is 0.0810. The molecule has 1 atom stereocenters. The van der Waals surface area contributed by atoms with Crippen molar-refractivity contribution in [1.82, 2.24) is 29.7 Å². The molecule has 0 spiro atoms. The number of imidazole rings is 1. The summed E-state index contributed by atoms with van der Waals surface area (Å²) >= 11 is 0. The number of nitrogen functional groups attached to an aromatic ring is 1. The summed E-state index contributed by atoms with van der Waals surface area (Å²) in [5.41, 5.74) is 18.5. The van der Waals surface area contributed by atoms with E-state index >= 15 is 0 Å². The smallest absolute Gasteiger partial charge is 0.276 e. The van der Waals surface area contributed by atoms with E-state index in [1.807, 2.05) is 34.9 Å². The molecular weight excluding hydrogens is 404 g/mol. The van der Waals surface area contributed by atoms with E-state index in [0.29, 0.717) is 34.7 Å². The minimum Gasteiger partial charge on any atom is -0.383 e. The predicted molar refractivity (Wildman–Crippen MR) is 120 cm³/mol. The van der Waals surface area contributed by atoms with Gasteiger partial charge >= 0.3 is 0 Å². The Labute approximate surface area is 183 Å². The highest BCUT2D eigenvalue weighted by Crippen LogP contribution is 2.35. The van der Waals surface area contributed by atoms with E-state index in [0.717, 1.165) is 29.6 Å². The zero-order valence-corrected chi connectivity index (χ0v) is 17.4. The van der Waals surface area contributed by atoms with Gasteiger partial charge in [0.25, 0.3) is 5.89 Å². The molecule has 0 radical (unpaired) electrons. The van der Waals surface area contributed by atoms with Crippen LogP contribution in [-0.4, -0.2) is 29.7 Å². The van der Waals surface area contributed by atoms with Gasteiger partial charge in [-0.25, -0.2) is 15.0 Å². The van der Waals surface area contributed by atoms with Gasteiger partial charge in [0.2, 0.25) is 0 Å². The lowest BCUT2D eigenvalue weighted by atomic mass is 10.1. The second-order valence-corrected chi connectivity index (χ2v) is 7.92. The molecule has 0 unspecified atom stereocenters. The van der Waals surface area contributed by atoms with Crippen LogP contribution in [-0.2, 0) is 6.42 Å². The molecule has 158 valence electrons. The second-order valence-electron chi connectivity index (χ2n) is 7.92. The van der Waals surface area contributed by atoms with Crippen molar-refractivity contribution in [3.8, 4) is 28.7 Å². The maximum atomic E-state index is 6.25. The lowest BCUT2D eigenvalue weighted by Gasteiger charge is -2.12. The third-order valence-corrected chi connectivity index (χ3v) is 5.84. The van der Waals surface area contributed by atoms with Gasteiger partial charge < -0.3 is 16.0 Å². The van der Waals surface area contributed by atoms with Crippen molar-refractivity contribution in [2.75, 3.05) is 5.73 Å². The highest BCUT2D eigenvalue weighted by atomic mass is 16.5. The summed E-state index contributed by atoms with van der Waals surface area (Å²) in [7, 11) is 0. The monoisotopic (exact) mass is 424 g/mol. The minimum atomic E-state index is 0.0810. The highest BCUT2D eigenvalue weighted by molar-refractivity contribution is 5.84. The number of rotatable bonds is 3. The number of benzene rings is 1. The molecule has 1 aliphatic rings. The highest BCUT2D eigenvalue weighted by Gasteiger charge is 2.23. The van der Waals surface area contributed by atoms with Gasteiger partial charge in [0, 0.05) is 17.9 Å². The van der Waals surface area contributed by atoms with E-state index in [9.17, 15) is 0 Å². The molecule has 0 aliphatic heterocycles. The number of aryl methyl sites for hydroxylation is 2. The van der Waals surface area contributed by atoms with Crippen molar-refractivity contribution in [3.05, 3.63) is 65.6 Å². The zero-order valence-electron chi connectivity index (χ0n) is 17.4. The Morgan fingerprint density at radius 2 is 2.00 bits per heavy atom. The second kappa shape index (κ2) is 6.96. The largest absolute Gasteiger partial charge is 0.383 e. The van der Waals surface area contributed by atoms with Crippen LogP contribution < -0.4 is 11.5 Å². The summed E-state index contributed by atoms with van der Waals surface area (Å²) in [4.78, 5) is 18.3. The average molecular weight is 424 g/mol. The van der Waals surface area contributed by atoms with Crippen LogP contribution in [0.3, 0.4) is 0 Å². The van der Waals surface area contributed by atoms with Gasteiger partial charge in [0.1, 0.15) is 17.0 Å². The predicted octanol–water partition coefficient (Wildman–Crippen LogP) is 3.37. The molecule has 9 heteroatoms. The SMILES string of the molecule is Cc1noc(-c2ccc3nc(-c4cccnc4N)n(-c4ccc5c(c4)CC[C@@H]5N)c3n2)n1. The van der Waals surface area contributed by atoms with E-state index in [-0.39, 0.29) is 6.04 Å². The van der Waals surface area contributed by atoms with Crippen LogP contribution in [0.2, 0.25) is 0 Å². The van der Waals surface area contributed by atoms with Crippen molar-refractivity contribution in [1.29, 1.82) is 0 Å². The van der Waals surface area contributed by atoms with E-state index in [4.69, 9.17) is 26.0 Å². The van der Waals surface area contributed by atoms with Crippen molar-refractivity contribution < 1.29 is 4.52 Å². The van der Waals surface area contributed by atoms with Crippen LogP contribution in [0.25, 0.3) is 39.8 Å². The molecule has 9 nitrogen and oxygen atoms in total. The summed E-state index contributed by atoms with van der Waals surface area (Å²) in [5, 5.41) is 3.88. The molecule has 4 N–H and O–H groups in total.